The lowest BCUT2D eigenvalue weighted by atomic mass is 10.2. The van der Waals surface area contributed by atoms with Crippen molar-refractivity contribution >= 4 is 22.8 Å². The number of anilines is 1. The van der Waals surface area contributed by atoms with E-state index in [0.717, 1.165) is 49.9 Å². The van der Waals surface area contributed by atoms with Crippen LogP contribution in [0.1, 0.15) is 5.56 Å². The summed E-state index contributed by atoms with van der Waals surface area (Å²) in [5.74, 6) is 0.975. The minimum atomic E-state index is 0.932. The second kappa shape index (κ2) is 7.09. The van der Waals surface area contributed by atoms with Crippen molar-refractivity contribution in [2.45, 2.75) is 6.54 Å². The number of pyridine rings is 1. The highest BCUT2D eigenvalue weighted by molar-refractivity contribution is 7.08. The first-order valence-corrected chi connectivity index (χ1v) is 10.0. The number of thiophene rings is 1. The predicted molar refractivity (Wildman–Crippen MR) is 108 cm³/mol. The second-order valence-corrected chi connectivity index (χ2v) is 7.50. The van der Waals surface area contributed by atoms with E-state index in [9.17, 15) is 0 Å². The standard InChI is InChI=1S/C20H20N6S/c1-4-21-5-2-16(1)14-24-8-10-25(11-9-24)19-20-23-13-18(17-3-12-27-15-17)26(20)7-6-22-19/h1-7,12-13,15H,8-11,14H2. The highest BCUT2D eigenvalue weighted by atomic mass is 32.1. The molecule has 0 radical (unpaired) electrons. The van der Waals surface area contributed by atoms with Crippen LogP contribution in [0.25, 0.3) is 16.9 Å². The summed E-state index contributed by atoms with van der Waals surface area (Å²) in [6, 6.07) is 6.31. The molecule has 0 spiro atoms. The van der Waals surface area contributed by atoms with Crippen molar-refractivity contribution in [3.63, 3.8) is 0 Å². The fraction of sp³-hybridized carbons (Fsp3) is 0.250. The molecule has 4 aromatic rings. The van der Waals surface area contributed by atoms with Crippen LogP contribution in [-0.4, -0.2) is 50.4 Å². The highest BCUT2D eigenvalue weighted by Gasteiger charge is 2.21. The Morgan fingerprint density at radius 1 is 0.963 bits per heavy atom. The van der Waals surface area contributed by atoms with Crippen LogP contribution < -0.4 is 4.90 Å². The molecule has 0 N–H and O–H groups in total. The first-order valence-electron chi connectivity index (χ1n) is 9.09. The van der Waals surface area contributed by atoms with Gasteiger partial charge in [0.15, 0.2) is 11.5 Å². The van der Waals surface area contributed by atoms with Crippen LogP contribution in [0.5, 0.6) is 0 Å². The van der Waals surface area contributed by atoms with Gasteiger partial charge in [0.05, 0.1) is 11.9 Å². The number of piperazine rings is 1. The van der Waals surface area contributed by atoms with Crippen LogP contribution in [0, 0.1) is 0 Å². The lowest BCUT2D eigenvalue weighted by Gasteiger charge is -2.35. The molecule has 0 unspecified atom stereocenters. The summed E-state index contributed by atoms with van der Waals surface area (Å²) in [6.45, 7) is 4.92. The fourth-order valence-corrected chi connectivity index (χ4v) is 4.27. The molecule has 1 saturated heterocycles. The third-order valence-corrected chi connectivity index (χ3v) is 5.74. The van der Waals surface area contributed by atoms with Gasteiger partial charge in [-0.1, -0.05) is 0 Å². The van der Waals surface area contributed by atoms with Gasteiger partial charge in [0, 0.05) is 68.5 Å². The Hall–Kier alpha value is -2.77. The van der Waals surface area contributed by atoms with E-state index >= 15 is 0 Å². The number of nitrogens with zero attached hydrogens (tertiary/aromatic N) is 6. The molecule has 1 aliphatic rings. The molecular formula is C20H20N6S. The van der Waals surface area contributed by atoms with E-state index in [0.29, 0.717) is 0 Å². The molecule has 0 aromatic carbocycles. The van der Waals surface area contributed by atoms with E-state index in [2.05, 4.69) is 58.1 Å². The van der Waals surface area contributed by atoms with Crippen molar-refractivity contribution in [3.05, 3.63) is 65.5 Å². The summed E-state index contributed by atoms with van der Waals surface area (Å²) in [5, 5.41) is 4.25. The molecule has 1 aliphatic heterocycles. The number of aromatic nitrogens is 4. The lowest BCUT2D eigenvalue weighted by Crippen LogP contribution is -2.46. The largest absolute Gasteiger partial charge is 0.351 e. The lowest BCUT2D eigenvalue weighted by molar-refractivity contribution is 0.249. The van der Waals surface area contributed by atoms with Crippen LogP contribution in [-0.2, 0) is 6.54 Å². The topological polar surface area (TPSA) is 49.6 Å². The Labute approximate surface area is 161 Å². The molecule has 27 heavy (non-hydrogen) atoms. The van der Waals surface area contributed by atoms with Gasteiger partial charge in [0.1, 0.15) is 0 Å². The molecule has 0 amide bonds. The molecule has 0 saturated carbocycles. The average molecular weight is 376 g/mol. The third kappa shape index (κ3) is 3.20. The number of hydrogen-bond donors (Lipinski definition) is 0. The molecule has 0 bridgehead atoms. The minimum Gasteiger partial charge on any atom is -0.351 e. The van der Waals surface area contributed by atoms with E-state index < -0.39 is 0 Å². The summed E-state index contributed by atoms with van der Waals surface area (Å²) in [5.41, 5.74) is 4.56. The van der Waals surface area contributed by atoms with Gasteiger partial charge in [-0.15, -0.1) is 0 Å². The van der Waals surface area contributed by atoms with Crippen LogP contribution in [0.2, 0.25) is 0 Å². The maximum atomic E-state index is 4.68. The van der Waals surface area contributed by atoms with Crippen molar-refractivity contribution < 1.29 is 0 Å². The first-order chi connectivity index (χ1) is 13.4. The van der Waals surface area contributed by atoms with Gasteiger partial charge >= 0.3 is 0 Å². The second-order valence-electron chi connectivity index (χ2n) is 6.72. The zero-order chi connectivity index (χ0) is 18.1. The summed E-state index contributed by atoms with van der Waals surface area (Å²) in [7, 11) is 0. The molecule has 6 nitrogen and oxygen atoms in total. The Bertz CT molecular complexity index is 1020. The van der Waals surface area contributed by atoms with Crippen molar-refractivity contribution in [1.29, 1.82) is 0 Å². The number of fused-ring (bicyclic) bond motifs is 1. The van der Waals surface area contributed by atoms with Crippen molar-refractivity contribution in [1.82, 2.24) is 24.3 Å². The maximum Gasteiger partial charge on any atom is 0.180 e. The van der Waals surface area contributed by atoms with Gasteiger partial charge in [-0.2, -0.15) is 11.3 Å². The molecule has 4 aromatic heterocycles. The van der Waals surface area contributed by atoms with E-state index in [1.165, 1.54) is 11.1 Å². The Balaban J connectivity index is 1.35. The molecule has 136 valence electrons. The molecule has 1 fully saturated rings. The summed E-state index contributed by atoms with van der Waals surface area (Å²) in [4.78, 5) is 18.3. The van der Waals surface area contributed by atoms with Gasteiger partial charge in [0.25, 0.3) is 0 Å². The molecular weight excluding hydrogens is 356 g/mol. The highest BCUT2D eigenvalue weighted by Crippen LogP contribution is 2.27. The van der Waals surface area contributed by atoms with Gasteiger partial charge in [-0.3, -0.25) is 14.3 Å². The minimum absolute atomic E-state index is 0.932. The Kier molecular flexibility index (Phi) is 4.31. The molecule has 5 heterocycles. The first kappa shape index (κ1) is 16.4. The summed E-state index contributed by atoms with van der Waals surface area (Å²) in [6.07, 6.45) is 9.54. The average Bonchev–Trinajstić information content (AvgIpc) is 3.39. The van der Waals surface area contributed by atoms with Gasteiger partial charge in [-0.05, 0) is 29.1 Å². The van der Waals surface area contributed by atoms with Gasteiger partial charge < -0.3 is 4.90 Å². The monoisotopic (exact) mass is 376 g/mol. The Morgan fingerprint density at radius 3 is 2.59 bits per heavy atom. The summed E-state index contributed by atoms with van der Waals surface area (Å²) < 4.78 is 2.15. The van der Waals surface area contributed by atoms with E-state index in [1.807, 2.05) is 31.0 Å². The van der Waals surface area contributed by atoms with Crippen LogP contribution in [0.4, 0.5) is 5.82 Å². The van der Waals surface area contributed by atoms with Crippen molar-refractivity contribution in [2.24, 2.45) is 0 Å². The van der Waals surface area contributed by atoms with Crippen molar-refractivity contribution in [2.75, 3.05) is 31.1 Å². The predicted octanol–water partition coefficient (Wildman–Crippen LogP) is 3.18. The van der Waals surface area contributed by atoms with E-state index in [1.54, 1.807) is 11.3 Å². The number of hydrogen-bond acceptors (Lipinski definition) is 6. The zero-order valence-corrected chi connectivity index (χ0v) is 15.7. The molecule has 5 rings (SSSR count). The van der Waals surface area contributed by atoms with Crippen LogP contribution in [0.3, 0.4) is 0 Å². The van der Waals surface area contributed by atoms with Crippen molar-refractivity contribution in [3.8, 4) is 11.3 Å². The van der Waals surface area contributed by atoms with E-state index in [4.69, 9.17) is 0 Å². The van der Waals surface area contributed by atoms with Crippen LogP contribution >= 0.6 is 11.3 Å². The SMILES string of the molecule is c1cc(CN2CCN(c3nccn4c(-c5ccsc5)cnc34)CC2)ccn1. The quantitative estimate of drug-likeness (QED) is 0.548. The molecule has 0 aliphatic carbocycles. The third-order valence-electron chi connectivity index (χ3n) is 5.05. The fourth-order valence-electron chi connectivity index (χ4n) is 3.62. The summed E-state index contributed by atoms with van der Waals surface area (Å²) >= 11 is 1.70. The normalized spacial score (nSPS) is 15.5. The Morgan fingerprint density at radius 2 is 1.81 bits per heavy atom. The number of imidazole rings is 1. The zero-order valence-electron chi connectivity index (χ0n) is 14.9. The van der Waals surface area contributed by atoms with Crippen LogP contribution in [0.15, 0.2) is 59.9 Å². The number of rotatable bonds is 4. The molecule has 7 heteroatoms. The van der Waals surface area contributed by atoms with Gasteiger partial charge in [0.2, 0.25) is 0 Å². The van der Waals surface area contributed by atoms with Gasteiger partial charge in [-0.25, -0.2) is 9.97 Å². The van der Waals surface area contributed by atoms with E-state index in [-0.39, 0.29) is 0 Å². The molecule has 0 atom stereocenters. The maximum absolute atomic E-state index is 4.68. The smallest absolute Gasteiger partial charge is 0.180 e.